The van der Waals surface area contributed by atoms with E-state index in [1.807, 2.05) is 6.08 Å². The first-order valence-corrected chi connectivity index (χ1v) is 5.24. The van der Waals surface area contributed by atoms with Crippen LogP contribution in [0.5, 0.6) is 0 Å². The largest absolute Gasteiger partial charge is 0.435 e. The summed E-state index contributed by atoms with van der Waals surface area (Å²) in [5.41, 5.74) is 0. The second-order valence-electron chi connectivity index (χ2n) is 3.17. The lowest BCUT2D eigenvalue weighted by molar-refractivity contribution is -0.135. The summed E-state index contributed by atoms with van der Waals surface area (Å²) in [5, 5.41) is 0. The molecule has 0 N–H and O–H groups in total. The number of hydrogen-bond acceptors (Lipinski definition) is 2. The fraction of sp³-hybridized carbons (Fsp3) is 0.583. The van der Waals surface area contributed by atoms with Gasteiger partial charge in [0.05, 0.1) is 6.26 Å². The average molecular weight is 196 g/mol. The average Bonchev–Trinajstić information content (AvgIpc) is 2.15. The van der Waals surface area contributed by atoms with E-state index >= 15 is 0 Å². The van der Waals surface area contributed by atoms with E-state index < -0.39 is 0 Å². The molecular weight excluding hydrogens is 176 g/mol. The summed E-state index contributed by atoms with van der Waals surface area (Å²) < 4.78 is 4.64. The molecule has 0 aromatic carbocycles. The SMILES string of the molecule is CCCCC=CCCC=COC(C)=O. The molecule has 2 nitrogen and oxygen atoms in total. The van der Waals surface area contributed by atoms with E-state index in [-0.39, 0.29) is 5.97 Å². The van der Waals surface area contributed by atoms with Gasteiger partial charge in [-0.1, -0.05) is 31.9 Å². The van der Waals surface area contributed by atoms with E-state index in [0.29, 0.717) is 0 Å². The lowest BCUT2D eigenvalue weighted by Gasteiger charge is -1.91. The van der Waals surface area contributed by atoms with E-state index in [2.05, 4.69) is 23.8 Å². The maximum Gasteiger partial charge on any atom is 0.307 e. The molecule has 0 radical (unpaired) electrons. The number of hydrogen-bond donors (Lipinski definition) is 0. The highest BCUT2D eigenvalue weighted by molar-refractivity contribution is 5.66. The Morgan fingerprint density at radius 2 is 1.79 bits per heavy atom. The van der Waals surface area contributed by atoms with Gasteiger partial charge in [0, 0.05) is 6.92 Å². The number of carbonyl (C=O) groups is 1. The van der Waals surface area contributed by atoms with Crippen molar-refractivity contribution in [2.75, 3.05) is 0 Å². The van der Waals surface area contributed by atoms with Crippen LogP contribution in [0.15, 0.2) is 24.5 Å². The molecule has 0 aromatic rings. The first kappa shape index (κ1) is 12.9. The van der Waals surface area contributed by atoms with Crippen LogP contribution in [0.2, 0.25) is 0 Å². The van der Waals surface area contributed by atoms with Crippen LogP contribution in [0.25, 0.3) is 0 Å². The zero-order chi connectivity index (χ0) is 10.6. The Balaban J connectivity index is 3.23. The van der Waals surface area contributed by atoms with Crippen LogP contribution in [0.3, 0.4) is 0 Å². The monoisotopic (exact) mass is 196 g/mol. The van der Waals surface area contributed by atoms with Crippen molar-refractivity contribution in [2.24, 2.45) is 0 Å². The van der Waals surface area contributed by atoms with Crippen LogP contribution in [0.4, 0.5) is 0 Å². The van der Waals surface area contributed by atoms with Gasteiger partial charge in [-0.15, -0.1) is 0 Å². The number of ether oxygens (including phenoxy) is 1. The number of carbonyl (C=O) groups excluding carboxylic acids is 1. The van der Waals surface area contributed by atoms with E-state index in [4.69, 9.17) is 0 Å². The molecule has 0 saturated carbocycles. The summed E-state index contributed by atoms with van der Waals surface area (Å²) in [5.74, 6) is -0.264. The van der Waals surface area contributed by atoms with Crippen molar-refractivity contribution in [3.05, 3.63) is 24.5 Å². The molecule has 0 unspecified atom stereocenters. The Kier molecular flexibility index (Phi) is 9.28. The van der Waals surface area contributed by atoms with E-state index in [1.165, 1.54) is 32.4 Å². The lowest BCUT2D eigenvalue weighted by Crippen LogP contribution is -1.88. The van der Waals surface area contributed by atoms with Gasteiger partial charge in [-0.2, -0.15) is 0 Å². The van der Waals surface area contributed by atoms with E-state index in [0.717, 1.165) is 12.8 Å². The summed E-state index contributed by atoms with van der Waals surface area (Å²) in [4.78, 5) is 10.4. The lowest BCUT2D eigenvalue weighted by atomic mass is 10.2. The third-order valence-electron chi connectivity index (χ3n) is 1.72. The van der Waals surface area contributed by atoms with Crippen LogP contribution in [-0.2, 0) is 9.53 Å². The summed E-state index contributed by atoms with van der Waals surface area (Å²) in [6, 6.07) is 0. The molecule has 0 aliphatic rings. The first-order valence-electron chi connectivity index (χ1n) is 5.24. The molecule has 0 bridgehead atoms. The quantitative estimate of drug-likeness (QED) is 0.269. The van der Waals surface area contributed by atoms with Crippen molar-refractivity contribution in [1.29, 1.82) is 0 Å². The Labute approximate surface area is 86.6 Å². The molecular formula is C12H20O2. The zero-order valence-corrected chi connectivity index (χ0v) is 9.16. The van der Waals surface area contributed by atoms with Crippen molar-refractivity contribution in [2.45, 2.75) is 46.0 Å². The topological polar surface area (TPSA) is 26.3 Å². The van der Waals surface area contributed by atoms with Crippen molar-refractivity contribution >= 4 is 5.97 Å². The normalized spacial score (nSPS) is 11.3. The van der Waals surface area contributed by atoms with Crippen molar-refractivity contribution in [1.82, 2.24) is 0 Å². The molecule has 0 heterocycles. The highest BCUT2D eigenvalue weighted by Gasteiger charge is 1.84. The molecule has 0 saturated heterocycles. The molecule has 14 heavy (non-hydrogen) atoms. The van der Waals surface area contributed by atoms with Gasteiger partial charge < -0.3 is 4.74 Å². The molecule has 0 aromatic heterocycles. The second kappa shape index (κ2) is 10.0. The maximum atomic E-state index is 10.4. The third kappa shape index (κ3) is 11.0. The van der Waals surface area contributed by atoms with Crippen LogP contribution < -0.4 is 0 Å². The van der Waals surface area contributed by atoms with Gasteiger partial charge in [0.1, 0.15) is 0 Å². The summed E-state index contributed by atoms with van der Waals surface area (Å²) in [7, 11) is 0. The number of unbranched alkanes of at least 4 members (excludes halogenated alkanes) is 3. The Hall–Kier alpha value is -1.05. The van der Waals surface area contributed by atoms with Gasteiger partial charge in [-0.05, 0) is 25.3 Å². The van der Waals surface area contributed by atoms with Crippen molar-refractivity contribution < 1.29 is 9.53 Å². The fourth-order valence-electron chi connectivity index (χ4n) is 0.962. The summed E-state index contributed by atoms with van der Waals surface area (Å²) >= 11 is 0. The molecule has 0 atom stereocenters. The molecule has 0 rings (SSSR count). The zero-order valence-electron chi connectivity index (χ0n) is 9.16. The number of rotatable bonds is 7. The Morgan fingerprint density at radius 3 is 2.43 bits per heavy atom. The van der Waals surface area contributed by atoms with Gasteiger partial charge in [0.2, 0.25) is 0 Å². The predicted octanol–water partition coefficient (Wildman–Crippen LogP) is 3.59. The highest BCUT2D eigenvalue weighted by atomic mass is 16.5. The maximum absolute atomic E-state index is 10.4. The molecule has 0 amide bonds. The van der Waals surface area contributed by atoms with Gasteiger partial charge >= 0.3 is 5.97 Å². The van der Waals surface area contributed by atoms with Crippen LogP contribution in [-0.4, -0.2) is 5.97 Å². The van der Waals surface area contributed by atoms with Crippen LogP contribution >= 0.6 is 0 Å². The van der Waals surface area contributed by atoms with Crippen molar-refractivity contribution in [3.8, 4) is 0 Å². The molecule has 0 fully saturated rings. The standard InChI is InChI=1S/C12H20O2/c1-3-4-5-6-7-8-9-10-11-14-12(2)13/h6-7,10-11H,3-5,8-9H2,1-2H3. The minimum atomic E-state index is -0.264. The van der Waals surface area contributed by atoms with E-state index in [1.54, 1.807) is 0 Å². The minimum Gasteiger partial charge on any atom is -0.435 e. The predicted molar refractivity (Wildman–Crippen MR) is 58.8 cm³/mol. The van der Waals surface area contributed by atoms with Gasteiger partial charge in [-0.3, -0.25) is 4.79 Å². The van der Waals surface area contributed by atoms with Gasteiger partial charge in [-0.25, -0.2) is 0 Å². The van der Waals surface area contributed by atoms with Gasteiger partial charge in [0.25, 0.3) is 0 Å². The number of allylic oxidation sites excluding steroid dienone is 3. The Bertz CT molecular complexity index is 192. The van der Waals surface area contributed by atoms with E-state index in [9.17, 15) is 4.79 Å². The van der Waals surface area contributed by atoms with Crippen molar-refractivity contribution in [3.63, 3.8) is 0 Å². The molecule has 80 valence electrons. The highest BCUT2D eigenvalue weighted by Crippen LogP contribution is 1.98. The Morgan fingerprint density at radius 1 is 1.14 bits per heavy atom. The molecule has 0 spiro atoms. The minimum absolute atomic E-state index is 0.264. The smallest absolute Gasteiger partial charge is 0.307 e. The van der Waals surface area contributed by atoms with Crippen LogP contribution in [0, 0.1) is 0 Å². The first-order chi connectivity index (χ1) is 6.77. The molecule has 0 aliphatic heterocycles. The fourth-order valence-corrected chi connectivity index (χ4v) is 0.962. The third-order valence-corrected chi connectivity index (χ3v) is 1.72. The summed E-state index contributed by atoms with van der Waals surface area (Å²) in [6.07, 6.45) is 13.3. The molecule has 2 heteroatoms. The summed E-state index contributed by atoms with van der Waals surface area (Å²) in [6.45, 7) is 3.59. The van der Waals surface area contributed by atoms with Gasteiger partial charge in [0.15, 0.2) is 0 Å². The second-order valence-corrected chi connectivity index (χ2v) is 3.17. The van der Waals surface area contributed by atoms with Crippen LogP contribution in [0.1, 0.15) is 46.0 Å². The molecule has 0 aliphatic carbocycles. The number of esters is 1.